The Labute approximate surface area is 124 Å². The van der Waals surface area contributed by atoms with Crippen molar-refractivity contribution in [1.29, 1.82) is 0 Å². The van der Waals surface area contributed by atoms with Crippen LogP contribution in [0.3, 0.4) is 0 Å². The third-order valence-electron chi connectivity index (χ3n) is 3.67. The number of rotatable bonds is 6. The molecule has 0 bridgehead atoms. The molecule has 0 aliphatic carbocycles. The Morgan fingerprint density at radius 1 is 1.29 bits per heavy atom. The monoisotopic (exact) mass is 289 g/mol. The van der Waals surface area contributed by atoms with Crippen molar-refractivity contribution in [3.05, 3.63) is 45.3 Å². The second-order valence-electron chi connectivity index (χ2n) is 5.70. The van der Waals surface area contributed by atoms with Gasteiger partial charge in [-0.2, -0.15) is 0 Å². The Morgan fingerprint density at radius 2 is 2.05 bits per heavy atom. The van der Waals surface area contributed by atoms with Crippen molar-refractivity contribution in [1.82, 2.24) is 5.32 Å². The molecule has 114 valence electrons. The third kappa shape index (κ3) is 3.71. The highest BCUT2D eigenvalue weighted by Crippen LogP contribution is 2.26. The number of fused-ring (bicyclic) bond motifs is 1. The van der Waals surface area contributed by atoms with Gasteiger partial charge in [-0.25, -0.2) is 4.79 Å². The number of hydrogen-bond donors (Lipinski definition) is 2. The van der Waals surface area contributed by atoms with E-state index in [2.05, 4.69) is 25.2 Å². The SMILES string of the molecule is Cc1cc2oc(=O)cc(CNCCCO)c2cc1C(C)C. The van der Waals surface area contributed by atoms with Gasteiger partial charge in [0.2, 0.25) is 0 Å². The smallest absolute Gasteiger partial charge is 0.336 e. The van der Waals surface area contributed by atoms with Crippen LogP contribution in [0.15, 0.2) is 27.4 Å². The minimum Gasteiger partial charge on any atom is -0.423 e. The highest BCUT2D eigenvalue weighted by Gasteiger charge is 2.11. The fraction of sp³-hybridized carbons (Fsp3) is 0.471. The fourth-order valence-electron chi connectivity index (χ4n) is 2.59. The zero-order valence-electron chi connectivity index (χ0n) is 12.9. The van der Waals surface area contributed by atoms with Gasteiger partial charge < -0.3 is 14.8 Å². The number of aliphatic hydroxyl groups excluding tert-OH is 1. The van der Waals surface area contributed by atoms with Crippen LogP contribution in [0.2, 0.25) is 0 Å². The highest BCUT2D eigenvalue weighted by atomic mass is 16.4. The Bertz CT molecular complexity index is 674. The van der Waals surface area contributed by atoms with Gasteiger partial charge in [-0.05, 0) is 54.6 Å². The van der Waals surface area contributed by atoms with Crippen LogP contribution in [0.4, 0.5) is 0 Å². The molecule has 0 spiro atoms. The Morgan fingerprint density at radius 3 is 2.71 bits per heavy atom. The van der Waals surface area contributed by atoms with Crippen molar-refractivity contribution in [2.75, 3.05) is 13.2 Å². The van der Waals surface area contributed by atoms with Gasteiger partial charge in [0, 0.05) is 24.6 Å². The van der Waals surface area contributed by atoms with E-state index in [0.717, 1.165) is 23.1 Å². The zero-order chi connectivity index (χ0) is 15.4. The van der Waals surface area contributed by atoms with Gasteiger partial charge in [0.1, 0.15) is 5.58 Å². The van der Waals surface area contributed by atoms with Crippen molar-refractivity contribution < 1.29 is 9.52 Å². The molecule has 4 nitrogen and oxygen atoms in total. The van der Waals surface area contributed by atoms with E-state index in [9.17, 15) is 4.79 Å². The second kappa shape index (κ2) is 6.87. The van der Waals surface area contributed by atoms with Crippen molar-refractivity contribution in [2.24, 2.45) is 0 Å². The molecule has 0 saturated carbocycles. The summed E-state index contributed by atoms with van der Waals surface area (Å²) in [5, 5.41) is 13.0. The van der Waals surface area contributed by atoms with E-state index in [-0.39, 0.29) is 12.2 Å². The van der Waals surface area contributed by atoms with Gasteiger partial charge in [0.15, 0.2) is 0 Å². The van der Waals surface area contributed by atoms with Crippen LogP contribution in [-0.4, -0.2) is 18.3 Å². The average molecular weight is 289 g/mol. The molecule has 0 atom stereocenters. The lowest BCUT2D eigenvalue weighted by molar-refractivity contribution is 0.286. The summed E-state index contributed by atoms with van der Waals surface area (Å²) in [6, 6.07) is 5.62. The first-order valence-corrected chi connectivity index (χ1v) is 7.41. The first-order valence-electron chi connectivity index (χ1n) is 7.41. The molecule has 2 rings (SSSR count). The lowest BCUT2D eigenvalue weighted by Crippen LogP contribution is -2.17. The van der Waals surface area contributed by atoms with Crippen molar-refractivity contribution >= 4 is 11.0 Å². The molecule has 1 aromatic heterocycles. The third-order valence-corrected chi connectivity index (χ3v) is 3.67. The molecule has 21 heavy (non-hydrogen) atoms. The van der Waals surface area contributed by atoms with E-state index in [0.29, 0.717) is 24.5 Å². The lowest BCUT2D eigenvalue weighted by Gasteiger charge is -2.13. The van der Waals surface area contributed by atoms with Crippen LogP contribution >= 0.6 is 0 Å². The van der Waals surface area contributed by atoms with Crippen LogP contribution in [0, 0.1) is 6.92 Å². The molecule has 2 aromatic rings. The summed E-state index contributed by atoms with van der Waals surface area (Å²) >= 11 is 0. The van der Waals surface area contributed by atoms with E-state index in [4.69, 9.17) is 9.52 Å². The van der Waals surface area contributed by atoms with E-state index < -0.39 is 0 Å². The Hall–Kier alpha value is -1.65. The molecule has 0 radical (unpaired) electrons. The lowest BCUT2D eigenvalue weighted by atomic mass is 9.95. The summed E-state index contributed by atoms with van der Waals surface area (Å²) in [5.41, 5.74) is 3.68. The largest absolute Gasteiger partial charge is 0.423 e. The van der Waals surface area contributed by atoms with Gasteiger partial charge in [-0.1, -0.05) is 13.8 Å². The summed E-state index contributed by atoms with van der Waals surface area (Å²) in [5.74, 6) is 0.427. The molecule has 0 unspecified atom stereocenters. The molecule has 0 aliphatic rings. The van der Waals surface area contributed by atoms with Gasteiger partial charge in [-0.15, -0.1) is 0 Å². The number of aliphatic hydroxyl groups is 1. The molecule has 2 N–H and O–H groups in total. The van der Waals surface area contributed by atoms with Gasteiger partial charge >= 0.3 is 5.63 Å². The normalized spacial score (nSPS) is 11.5. The predicted molar refractivity (Wildman–Crippen MR) is 84.7 cm³/mol. The van der Waals surface area contributed by atoms with E-state index in [1.54, 1.807) is 6.07 Å². The molecule has 4 heteroatoms. The molecule has 1 heterocycles. The second-order valence-corrected chi connectivity index (χ2v) is 5.70. The molecule has 0 fully saturated rings. The Balaban J connectivity index is 2.43. The van der Waals surface area contributed by atoms with Crippen LogP contribution in [0.1, 0.15) is 42.9 Å². The van der Waals surface area contributed by atoms with Gasteiger partial charge in [0.05, 0.1) is 0 Å². The number of hydrogen-bond acceptors (Lipinski definition) is 4. The van der Waals surface area contributed by atoms with E-state index in [1.165, 1.54) is 5.56 Å². The van der Waals surface area contributed by atoms with Gasteiger partial charge in [-0.3, -0.25) is 0 Å². The molecular formula is C17H23NO3. The zero-order valence-corrected chi connectivity index (χ0v) is 12.9. The van der Waals surface area contributed by atoms with Gasteiger partial charge in [0.25, 0.3) is 0 Å². The van der Waals surface area contributed by atoms with Crippen molar-refractivity contribution in [2.45, 2.75) is 39.7 Å². The summed E-state index contributed by atoms with van der Waals surface area (Å²) in [6.07, 6.45) is 0.704. The maximum absolute atomic E-state index is 11.7. The summed E-state index contributed by atoms with van der Waals surface area (Å²) in [6.45, 7) is 7.85. The average Bonchev–Trinajstić information content (AvgIpc) is 2.42. The molecule has 0 saturated heterocycles. The molecular weight excluding hydrogens is 266 g/mol. The first kappa shape index (κ1) is 15.7. The molecule has 1 aromatic carbocycles. The summed E-state index contributed by atoms with van der Waals surface area (Å²) in [4.78, 5) is 11.7. The minimum absolute atomic E-state index is 0.168. The van der Waals surface area contributed by atoms with Crippen LogP contribution in [-0.2, 0) is 6.54 Å². The quantitative estimate of drug-likeness (QED) is 0.634. The standard InChI is InChI=1S/C17H23NO3/c1-11(2)14-9-15-13(10-18-5-4-6-19)8-17(20)21-16(15)7-12(14)3/h7-9,11,18-19H,4-6,10H2,1-3H3. The topological polar surface area (TPSA) is 62.5 Å². The van der Waals surface area contributed by atoms with Crippen molar-refractivity contribution in [3.8, 4) is 0 Å². The maximum atomic E-state index is 11.7. The van der Waals surface area contributed by atoms with Crippen molar-refractivity contribution in [3.63, 3.8) is 0 Å². The van der Waals surface area contributed by atoms with Crippen LogP contribution in [0.25, 0.3) is 11.0 Å². The van der Waals surface area contributed by atoms with E-state index in [1.807, 2.05) is 13.0 Å². The van der Waals surface area contributed by atoms with Crippen LogP contribution in [0.5, 0.6) is 0 Å². The number of nitrogens with one attached hydrogen (secondary N) is 1. The maximum Gasteiger partial charge on any atom is 0.336 e. The number of benzene rings is 1. The molecule has 0 amide bonds. The fourth-order valence-corrected chi connectivity index (χ4v) is 2.59. The van der Waals surface area contributed by atoms with Crippen LogP contribution < -0.4 is 10.9 Å². The number of aryl methyl sites for hydroxylation is 1. The summed E-state index contributed by atoms with van der Waals surface area (Å²) in [7, 11) is 0. The highest BCUT2D eigenvalue weighted by molar-refractivity contribution is 5.82. The predicted octanol–water partition coefficient (Wildman–Crippen LogP) is 2.70. The van der Waals surface area contributed by atoms with E-state index >= 15 is 0 Å². The minimum atomic E-state index is -0.321. The first-order chi connectivity index (χ1) is 10.0. The Kier molecular flexibility index (Phi) is 5.15. The summed E-state index contributed by atoms with van der Waals surface area (Å²) < 4.78 is 5.32. The molecule has 0 aliphatic heterocycles.